The van der Waals surface area contributed by atoms with Crippen molar-refractivity contribution in [2.45, 2.75) is 51.4 Å². The first kappa shape index (κ1) is 32.8. The van der Waals surface area contributed by atoms with E-state index in [1.54, 1.807) is 0 Å². The summed E-state index contributed by atoms with van der Waals surface area (Å²) in [7, 11) is 0. The summed E-state index contributed by atoms with van der Waals surface area (Å²) in [6.07, 6.45) is 2.40. The van der Waals surface area contributed by atoms with Crippen LogP contribution >= 0.6 is 0 Å². The van der Waals surface area contributed by atoms with Gasteiger partial charge in [-0.3, -0.25) is 0 Å². The fourth-order valence-electron chi connectivity index (χ4n) is 8.22. The molecule has 0 fully saturated rings. The van der Waals surface area contributed by atoms with Crippen LogP contribution in [0.3, 0.4) is 0 Å². The van der Waals surface area contributed by atoms with Gasteiger partial charge in [0.25, 0.3) is 0 Å². The molecule has 3 heteroatoms. The smallest absolute Gasteiger partial charge is 0.137 e. The molecule has 0 saturated carbocycles. The van der Waals surface area contributed by atoms with Crippen LogP contribution in [0.2, 0.25) is 0 Å². The quantitative estimate of drug-likeness (QED) is 0.166. The predicted octanol–water partition coefficient (Wildman–Crippen LogP) is 14.5. The monoisotopic (exact) mass is 688 g/mol. The van der Waals surface area contributed by atoms with Crippen molar-refractivity contribution in [1.29, 1.82) is 0 Å². The number of furan rings is 1. The van der Waals surface area contributed by atoms with Crippen LogP contribution in [0.15, 0.2) is 174 Å². The fraction of sp³-hybridized carbons (Fsp3) is 0.160. The molecular weight excluding hydrogens is 645 g/mol. The molecule has 3 nitrogen and oxygen atoms in total. The van der Waals surface area contributed by atoms with E-state index in [0.717, 1.165) is 50.4 Å². The van der Waals surface area contributed by atoms with E-state index < -0.39 is 0 Å². The van der Waals surface area contributed by atoms with Gasteiger partial charge >= 0.3 is 0 Å². The standard InChI is InChI=1S/C50H44N2O/c1-49(2)31-32-50(3,4)46-33-41(28-30-45(46)49)51(37-13-7-5-8-14-37)39-23-19-35(20-24-39)36-21-25-40(26-22-36)52(38-15-9-6-10-16-38)42-27-29-44-43-17-11-12-18-47(43)53-48(44)34-42/h5-30,33-34H,31-32H2,1-4H3. The third kappa shape index (κ3) is 5.97. The van der Waals surface area contributed by atoms with Gasteiger partial charge in [0.2, 0.25) is 0 Å². The van der Waals surface area contributed by atoms with Gasteiger partial charge in [-0.2, -0.15) is 0 Å². The zero-order valence-corrected chi connectivity index (χ0v) is 30.9. The zero-order chi connectivity index (χ0) is 36.2. The van der Waals surface area contributed by atoms with Gasteiger partial charge in [0.15, 0.2) is 0 Å². The van der Waals surface area contributed by atoms with Gasteiger partial charge in [-0.1, -0.05) is 113 Å². The second-order valence-corrected chi connectivity index (χ2v) is 15.7. The molecule has 9 rings (SSSR count). The Morgan fingerprint density at radius 3 is 1.40 bits per heavy atom. The van der Waals surface area contributed by atoms with E-state index in [4.69, 9.17) is 4.42 Å². The average Bonchev–Trinajstić information content (AvgIpc) is 3.56. The van der Waals surface area contributed by atoms with Gasteiger partial charge in [-0.25, -0.2) is 0 Å². The van der Waals surface area contributed by atoms with Crippen LogP contribution in [-0.4, -0.2) is 0 Å². The lowest BCUT2D eigenvalue weighted by Gasteiger charge is -2.42. The second-order valence-electron chi connectivity index (χ2n) is 15.7. The molecule has 0 atom stereocenters. The fourth-order valence-corrected chi connectivity index (χ4v) is 8.22. The molecule has 53 heavy (non-hydrogen) atoms. The number of benzene rings is 7. The number of para-hydroxylation sites is 3. The van der Waals surface area contributed by atoms with Crippen LogP contribution < -0.4 is 9.80 Å². The van der Waals surface area contributed by atoms with Crippen LogP contribution in [0.5, 0.6) is 0 Å². The lowest BCUT2D eigenvalue weighted by molar-refractivity contribution is 0.332. The largest absolute Gasteiger partial charge is 0.456 e. The molecule has 8 aromatic rings. The summed E-state index contributed by atoms with van der Waals surface area (Å²) in [5.41, 5.74) is 14.1. The minimum absolute atomic E-state index is 0.134. The Morgan fingerprint density at radius 1 is 0.377 bits per heavy atom. The highest BCUT2D eigenvalue weighted by Crippen LogP contribution is 2.48. The van der Waals surface area contributed by atoms with E-state index in [2.05, 4.69) is 195 Å². The number of anilines is 6. The average molecular weight is 689 g/mol. The Hall–Kier alpha value is -6.06. The minimum atomic E-state index is 0.134. The van der Waals surface area contributed by atoms with Crippen molar-refractivity contribution >= 4 is 56.1 Å². The summed E-state index contributed by atoms with van der Waals surface area (Å²) in [4.78, 5) is 4.68. The van der Waals surface area contributed by atoms with E-state index in [0.29, 0.717) is 0 Å². The topological polar surface area (TPSA) is 19.6 Å². The number of rotatable bonds is 7. The van der Waals surface area contributed by atoms with Gasteiger partial charge in [0, 0.05) is 51.0 Å². The molecule has 1 aliphatic carbocycles. The van der Waals surface area contributed by atoms with Crippen LogP contribution in [0.25, 0.3) is 33.1 Å². The molecule has 1 aliphatic rings. The molecule has 0 amide bonds. The van der Waals surface area contributed by atoms with Crippen molar-refractivity contribution in [3.8, 4) is 11.1 Å². The third-order valence-corrected chi connectivity index (χ3v) is 11.3. The van der Waals surface area contributed by atoms with Crippen LogP contribution in [-0.2, 0) is 10.8 Å². The van der Waals surface area contributed by atoms with Crippen molar-refractivity contribution in [1.82, 2.24) is 0 Å². The molecule has 1 aromatic heterocycles. The van der Waals surface area contributed by atoms with Crippen molar-refractivity contribution in [3.05, 3.63) is 181 Å². The van der Waals surface area contributed by atoms with Gasteiger partial charge in [0.05, 0.1) is 0 Å². The second kappa shape index (κ2) is 12.9. The SMILES string of the molecule is CC1(C)CCC(C)(C)c2cc(N(c3ccccc3)c3ccc(-c4ccc(N(c5ccccc5)c5ccc6c(c5)oc5ccccc56)cc4)cc3)ccc21. The summed E-state index contributed by atoms with van der Waals surface area (Å²) < 4.78 is 6.29. The summed E-state index contributed by atoms with van der Waals surface area (Å²) in [6, 6.07) is 61.0. The van der Waals surface area contributed by atoms with Gasteiger partial charge in [-0.05, 0) is 125 Å². The number of hydrogen-bond donors (Lipinski definition) is 0. The van der Waals surface area contributed by atoms with E-state index in [-0.39, 0.29) is 10.8 Å². The van der Waals surface area contributed by atoms with E-state index in [1.807, 2.05) is 12.1 Å². The first-order valence-corrected chi connectivity index (χ1v) is 18.7. The molecule has 0 bridgehead atoms. The number of nitrogens with zero attached hydrogens (tertiary/aromatic N) is 2. The molecule has 0 aliphatic heterocycles. The molecule has 0 saturated heterocycles. The maximum absolute atomic E-state index is 6.29. The lowest BCUT2D eigenvalue weighted by Crippen LogP contribution is -2.34. The highest BCUT2D eigenvalue weighted by atomic mass is 16.3. The van der Waals surface area contributed by atoms with Crippen LogP contribution in [0, 0.1) is 0 Å². The highest BCUT2D eigenvalue weighted by Gasteiger charge is 2.37. The summed E-state index contributed by atoms with van der Waals surface area (Å²) in [5.74, 6) is 0. The van der Waals surface area contributed by atoms with E-state index in [1.165, 1.54) is 40.8 Å². The highest BCUT2D eigenvalue weighted by molar-refractivity contribution is 6.06. The summed E-state index contributed by atoms with van der Waals surface area (Å²) in [5, 5.41) is 2.26. The minimum Gasteiger partial charge on any atom is -0.456 e. The van der Waals surface area contributed by atoms with Gasteiger partial charge in [-0.15, -0.1) is 0 Å². The third-order valence-electron chi connectivity index (χ3n) is 11.3. The number of fused-ring (bicyclic) bond motifs is 4. The van der Waals surface area contributed by atoms with Crippen LogP contribution in [0.1, 0.15) is 51.7 Å². The Balaban J connectivity index is 1.05. The number of hydrogen-bond acceptors (Lipinski definition) is 3. The van der Waals surface area contributed by atoms with Crippen molar-refractivity contribution < 1.29 is 4.42 Å². The molecule has 260 valence electrons. The first-order chi connectivity index (χ1) is 25.7. The van der Waals surface area contributed by atoms with E-state index in [9.17, 15) is 0 Å². The molecule has 7 aromatic carbocycles. The molecular formula is C50H44N2O. The molecule has 1 heterocycles. The van der Waals surface area contributed by atoms with Crippen molar-refractivity contribution in [3.63, 3.8) is 0 Å². The predicted molar refractivity (Wildman–Crippen MR) is 224 cm³/mol. The Labute approximate surface area is 312 Å². The summed E-state index contributed by atoms with van der Waals surface area (Å²) in [6.45, 7) is 9.58. The molecule has 0 radical (unpaired) electrons. The molecule has 0 spiro atoms. The Morgan fingerprint density at radius 2 is 0.811 bits per heavy atom. The molecule has 0 N–H and O–H groups in total. The zero-order valence-electron chi connectivity index (χ0n) is 30.9. The maximum atomic E-state index is 6.29. The van der Waals surface area contributed by atoms with Crippen molar-refractivity contribution in [2.75, 3.05) is 9.80 Å². The van der Waals surface area contributed by atoms with Crippen LogP contribution in [0.4, 0.5) is 34.1 Å². The Bertz CT molecular complexity index is 2550. The molecule has 0 unspecified atom stereocenters. The first-order valence-electron chi connectivity index (χ1n) is 18.7. The van der Waals surface area contributed by atoms with Gasteiger partial charge in [0.1, 0.15) is 11.2 Å². The Kier molecular flexibility index (Phi) is 7.96. The summed E-state index contributed by atoms with van der Waals surface area (Å²) >= 11 is 0. The normalized spacial score (nSPS) is 14.6. The lowest BCUT2D eigenvalue weighted by atomic mass is 9.63. The maximum Gasteiger partial charge on any atom is 0.137 e. The van der Waals surface area contributed by atoms with Crippen molar-refractivity contribution in [2.24, 2.45) is 0 Å². The van der Waals surface area contributed by atoms with Gasteiger partial charge < -0.3 is 14.2 Å². The van der Waals surface area contributed by atoms with E-state index >= 15 is 0 Å².